The summed E-state index contributed by atoms with van der Waals surface area (Å²) in [6.07, 6.45) is 2.97. The number of carbonyl (C=O) groups is 1. The van der Waals surface area contributed by atoms with Gasteiger partial charge in [0.2, 0.25) is 0 Å². The molecule has 9 heteroatoms. The van der Waals surface area contributed by atoms with Crippen molar-refractivity contribution in [3.8, 4) is 5.75 Å². The number of furan rings is 1. The SMILES string of the molecule is CN1CC[C@H](Oc2ccc(C(Cc3occ4cc(C(=N)N)ccc34)C(=O)O)cc2)C1.Cl.Cl. The first-order chi connectivity index (χ1) is 14.4. The average molecular weight is 480 g/mol. The number of rotatable bonds is 7. The summed E-state index contributed by atoms with van der Waals surface area (Å²) in [6, 6.07) is 12.6. The molecule has 0 saturated carbocycles. The van der Waals surface area contributed by atoms with E-state index in [4.69, 9.17) is 20.3 Å². The number of nitrogens with one attached hydrogen (secondary N) is 1. The number of carboxylic acids is 1. The van der Waals surface area contributed by atoms with E-state index >= 15 is 0 Å². The lowest BCUT2D eigenvalue weighted by Gasteiger charge is -2.16. The Labute approximate surface area is 198 Å². The molecule has 0 aliphatic carbocycles. The van der Waals surface area contributed by atoms with Crippen LogP contribution in [-0.2, 0) is 11.2 Å². The number of benzene rings is 2. The maximum atomic E-state index is 12.0. The van der Waals surface area contributed by atoms with Crippen LogP contribution < -0.4 is 10.5 Å². The van der Waals surface area contributed by atoms with Gasteiger partial charge in [0, 0.05) is 35.8 Å². The van der Waals surface area contributed by atoms with Gasteiger partial charge in [0.25, 0.3) is 0 Å². The number of nitrogens with two attached hydrogens (primary N) is 1. The average Bonchev–Trinajstić information content (AvgIpc) is 3.32. The van der Waals surface area contributed by atoms with E-state index in [-0.39, 0.29) is 43.2 Å². The minimum absolute atomic E-state index is 0. The zero-order chi connectivity index (χ0) is 21.3. The standard InChI is InChI=1S/C23H25N3O4.2ClH/c1-26-9-8-18(12-26)30-17-5-2-14(3-6-17)20(23(27)28)11-21-19-7-4-15(22(24)25)10-16(19)13-29-21;;/h2-7,10,13,18,20H,8-9,11-12H2,1H3,(H3,24,25)(H,27,28);2*1H/t18-,20?;;/m0../s1. The Morgan fingerprint density at radius 3 is 2.59 bits per heavy atom. The Kier molecular flexibility index (Phi) is 8.55. The Balaban J connectivity index is 0.00000181. The number of aliphatic carboxylic acids is 1. The maximum Gasteiger partial charge on any atom is 0.311 e. The molecule has 1 fully saturated rings. The van der Waals surface area contributed by atoms with Crippen LogP contribution in [0.15, 0.2) is 53.1 Å². The molecule has 1 saturated heterocycles. The molecule has 32 heavy (non-hydrogen) atoms. The molecule has 0 radical (unpaired) electrons. The van der Waals surface area contributed by atoms with Gasteiger partial charge in [-0.2, -0.15) is 0 Å². The third kappa shape index (κ3) is 5.54. The lowest BCUT2D eigenvalue weighted by atomic mass is 9.93. The van der Waals surface area contributed by atoms with Crippen LogP contribution in [0.2, 0.25) is 0 Å². The third-order valence-electron chi connectivity index (χ3n) is 5.61. The number of likely N-dealkylation sites (tertiary alicyclic amines) is 1. The second-order valence-electron chi connectivity index (χ2n) is 7.83. The molecule has 4 rings (SSSR count). The Bertz CT molecular complexity index is 1080. The van der Waals surface area contributed by atoms with E-state index in [0.717, 1.165) is 36.0 Å². The molecule has 0 bridgehead atoms. The number of hydrogen-bond donors (Lipinski definition) is 3. The predicted octanol–water partition coefficient (Wildman–Crippen LogP) is 4.05. The quantitative estimate of drug-likeness (QED) is 0.347. The van der Waals surface area contributed by atoms with Crippen LogP contribution in [0.4, 0.5) is 0 Å². The van der Waals surface area contributed by atoms with Gasteiger partial charge in [-0.15, -0.1) is 24.8 Å². The highest BCUT2D eigenvalue weighted by atomic mass is 35.5. The highest BCUT2D eigenvalue weighted by Crippen LogP contribution is 2.30. The van der Waals surface area contributed by atoms with Crippen LogP contribution in [0.3, 0.4) is 0 Å². The zero-order valence-electron chi connectivity index (χ0n) is 17.6. The summed E-state index contributed by atoms with van der Waals surface area (Å²) in [5, 5.41) is 19.0. The number of amidine groups is 1. The first kappa shape index (κ1) is 25.5. The Morgan fingerprint density at radius 2 is 2.00 bits per heavy atom. The molecule has 2 atom stereocenters. The van der Waals surface area contributed by atoms with Crippen molar-refractivity contribution < 1.29 is 19.1 Å². The fraction of sp³-hybridized carbons (Fsp3) is 0.304. The van der Waals surface area contributed by atoms with E-state index in [2.05, 4.69) is 11.9 Å². The minimum Gasteiger partial charge on any atom is -0.489 e. The molecular formula is C23H27Cl2N3O4. The summed E-state index contributed by atoms with van der Waals surface area (Å²) in [7, 11) is 2.07. The summed E-state index contributed by atoms with van der Waals surface area (Å²) in [6.45, 7) is 1.92. The second kappa shape index (κ2) is 10.7. The number of nitrogen functional groups attached to an aromatic ring is 1. The van der Waals surface area contributed by atoms with Crippen molar-refractivity contribution in [2.75, 3.05) is 20.1 Å². The normalized spacial score (nSPS) is 16.7. The van der Waals surface area contributed by atoms with Crippen molar-refractivity contribution in [2.24, 2.45) is 5.73 Å². The Hall–Kier alpha value is -2.74. The van der Waals surface area contributed by atoms with Gasteiger partial charge in [0.1, 0.15) is 23.4 Å². The summed E-state index contributed by atoms with van der Waals surface area (Å²) in [5.41, 5.74) is 6.84. The van der Waals surface area contributed by atoms with E-state index in [0.29, 0.717) is 16.9 Å². The number of halogens is 2. The minimum atomic E-state index is -0.911. The van der Waals surface area contributed by atoms with Crippen LogP contribution >= 0.6 is 24.8 Å². The molecule has 1 aliphatic heterocycles. The molecule has 2 aromatic carbocycles. The van der Waals surface area contributed by atoms with Crippen molar-refractivity contribution in [3.63, 3.8) is 0 Å². The van der Waals surface area contributed by atoms with Crippen LogP contribution in [0.25, 0.3) is 10.8 Å². The van der Waals surface area contributed by atoms with E-state index in [1.54, 1.807) is 18.4 Å². The van der Waals surface area contributed by atoms with Crippen LogP contribution in [0.1, 0.15) is 29.2 Å². The van der Waals surface area contributed by atoms with Crippen LogP contribution in [-0.4, -0.2) is 48.1 Å². The van der Waals surface area contributed by atoms with Crippen molar-refractivity contribution in [3.05, 3.63) is 65.6 Å². The second-order valence-corrected chi connectivity index (χ2v) is 7.83. The molecule has 1 unspecified atom stereocenters. The molecule has 4 N–H and O–H groups in total. The molecule has 0 spiro atoms. The third-order valence-corrected chi connectivity index (χ3v) is 5.61. The fourth-order valence-electron chi connectivity index (χ4n) is 3.93. The fourth-order valence-corrected chi connectivity index (χ4v) is 3.93. The molecule has 2 heterocycles. The molecule has 172 valence electrons. The van der Waals surface area contributed by atoms with Gasteiger partial charge >= 0.3 is 5.97 Å². The van der Waals surface area contributed by atoms with Crippen molar-refractivity contribution in [2.45, 2.75) is 24.9 Å². The van der Waals surface area contributed by atoms with E-state index in [9.17, 15) is 9.90 Å². The maximum absolute atomic E-state index is 12.0. The first-order valence-electron chi connectivity index (χ1n) is 9.93. The van der Waals surface area contributed by atoms with Crippen molar-refractivity contribution in [1.82, 2.24) is 4.90 Å². The summed E-state index contributed by atoms with van der Waals surface area (Å²) >= 11 is 0. The van der Waals surface area contributed by atoms with Gasteiger partial charge in [-0.1, -0.05) is 24.3 Å². The van der Waals surface area contributed by atoms with Crippen LogP contribution in [0, 0.1) is 5.41 Å². The molecule has 0 amide bonds. The van der Waals surface area contributed by atoms with E-state index < -0.39 is 11.9 Å². The molecule has 3 aromatic rings. The number of likely N-dealkylation sites (N-methyl/N-ethyl adjacent to an activating group) is 1. The lowest BCUT2D eigenvalue weighted by Crippen LogP contribution is -2.21. The zero-order valence-corrected chi connectivity index (χ0v) is 19.2. The van der Waals surface area contributed by atoms with E-state index in [1.807, 2.05) is 30.3 Å². The summed E-state index contributed by atoms with van der Waals surface area (Å²) < 4.78 is 11.7. The van der Waals surface area contributed by atoms with Crippen LogP contribution in [0.5, 0.6) is 5.75 Å². The molecule has 1 aromatic heterocycles. The van der Waals surface area contributed by atoms with Gasteiger partial charge in [-0.25, -0.2) is 0 Å². The lowest BCUT2D eigenvalue weighted by molar-refractivity contribution is -0.138. The number of fused-ring (bicyclic) bond motifs is 1. The van der Waals surface area contributed by atoms with Gasteiger partial charge in [-0.3, -0.25) is 10.2 Å². The van der Waals surface area contributed by atoms with Gasteiger partial charge < -0.3 is 24.9 Å². The number of hydrogen-bond acceptors (Lipinski definition) is 5. The monoisotopic (exact) mass is 479 g/mol. The highest BCUT2D eigenvalue weighted by Gasteiger charge is 2.24. The van der Waals surface area contributed by atoms with Crippen molar-refractivity contribution >= 4 is 47.4 Å². The van der Waals surface area contributed by atoms with Gasteiger partial charge in [0.15, 0.2) is 0 Å². The largest absolute Gasteiger partial charge is 0.489 e. The molecule has 7 nitrogen and oxygen atoms in total. The number of nitrogens with zero attached hydrogens (tertiary/aromatic N) is 1. The highest BCUT2D eigenvalue weighted by molar-refractivity contribution is 5.99. The van der Waals surface area contributed by atoms with Gasteiger partial charge in [0.05, 0.1) is 12.2 Å². The predicted molar refractivity (Wildman–Crippen MR) is 129 cm³/mol. The Morgan fingerprint density at radius 1 is 1.28 bits per heavy atom. The van der Waals surface area contributed by atoms with Gasteiger partial charge in [-0.05, 0) is 37.2 Å². The number of ether oxygens (including phenoxy) is 1. The molecular weight excluding hydrogens is 453 g/mol. The smallest absolute Gasteiger partial charge is 0.311 e. The topological polar surface area (TPSA) is 113 Å². The van der Waals surface area contributed by atoms with E-state index in [1.165, 1.54) is 0 Å². The van der Waals surface area contributed by atoms with Crippen molar-refractivity contribution in [1.29, 1.82) is 5.41 Å². The number of carboxylic acid groups (broad SMARTS) is 1. The molecule has 1 aliphatic rings. The summed E-state index contributed by atoms with van der Waals surface area (Å²) in [4.78, 5) is 14.2. The first-order valence-corrected chi connectivity index (χ1v) is 9.93. The summed E-state index contributed by atoms with van der Waals surface area (Å²) in [5.74, 6) is -0.315.